The number of rotatable bonds is 5. The molecule has 0 spiro atoms. The van der Waals surface area contributed by atoms with E-state index in [1.165, 1.54) is 0 Å². The summed E-state index contributed by atoms with van der Waals surface area (Å²) in [5, 5.41) is 3.44. The third-order valence-corrected chi connectivity index (χ3v) is 2.67. The van der Waals surface area contributed by atoms with E-state index in [1.807, 2.05) is 42.3 Å². The van der Waals surface area contributed by atoms with Crippen LogP contribution in [0.15, 0.2) is 36.9 Å². The van der Waals surface area contributed by atoms with Gasteiger partial charge in [-0.2, -0.15) is 0 Å². The molecule has 1 atom stereocenters. The molecule has 2 aromatic heterocycles. The van der Waals surface area contributed by atoms with Crippen LogP contribution in [0.3, 0.4) is 0 Å². The molecular weight excluding hydrogens is 212 g/mol. The maximum atomic E-state index is 4.40. The van der Waals surface area contributed by atoms with Gasteiger partial charge in [-0.3, -0.25) is 4.98 Å². The van der Waals surface area contributed by atoms with Gasteiger partial charge in [0.2, 0.25) is 0 Å². The normalized spacial score (nSPS) is 12.6. The van der Waals surface area contributed by atoms with Gasteiger partial charge in [0.15, 0.2) is 0 Å². The summed E-state index contributed by atoms with van der Waals surface area (Å²) in [5.41, 5.74) is 2.16. The molecule has 0 aromatic carbocycles. The molecule has 0 saturated carbocycles. The van der Waals surface area contributed by atoms with E-state index in [1.54, 1.807) is 0 Å². The average molecular weight is 230 g/mol. The highest BCUT2D eigenvalue weighted by molar-refractivity contribution is 5.11. The number of aromatic nitrogens is 3. The van der Waals surface area contributed by atoms with Gasteiger partial charge in [0.25, 0.3) is 0 Å². The first-order chi connectivity index (χ1) is 8.29. The van der Waals surface area contributed by atoms with E-state index in [0.717, 1.165) is 24.4 Å². The molecule has 2 rings (SSSR count). The van der Waals surface area contributed by atoms with Gasteiger partial charge in [0.05, 0.1) is 18.1 Å². The zero-order valence-electron chi connectivity index (χ0n) is 10.3. The van der Waals surface area contributed by atoms with Crippen LogP contribution in [0.25, 0.3) is 0 Å². The van der Waals surface area contributed by atoms with Crippen molar-refractivity contribution >= 4 is 0 Å². The summed E-state index contributed by atoms with van der Waals surface area (Å²) in [6.07, 6.45) is 6.58. The monoisotopic (exact) mass is 230 g/mol. The number of hydrogen-bond donors (Lipinski definition) is 1. The van der Waals surface area contributed by atoms with Crippen LogP contribution >= 0.6 is 0 Å². The summed E-state index contributed by atoms with van der Waals surface area (Å²) in [6, 6.07) is 6.24. The second kappa shape index (κ2) is 5.59. The fourth-order valence-electron chi connectivity index (χ4n) is 1.87. The number of hydrogen-bond acceptors (Lipinski definition) is 3. The molecule has 2 aromatic rings. The van der Waals surface area contributed by atoms with E-state index in [-0.39, 0.29) is 6.04 Å². The minimum absolute atomic E-state index is 0.233. The molecule has 0 amide bonds. The Morgan fingerprint density at radius 2 is 2.24 bits per heavy atom. The molecule has 0 aliphatic heterocycles. The molecule has 0 aliphatic carbocycles. The summed E-state index contributed by atoms with van der Waals surface area (Å²) >= 11 is 0. The van der Waals surface area contributed by atoms with Gasteiger partial charge >= 0.3 is 0 Å². The van der Waals surface area contributed by atoms with Gasteiger partial charge in [-0.15, -0.1) is 0 Å². The van der Waals surface area contributed by atoms with Gasteiger partial charge in [0.1, 0.15) is 0 Å². The Labute approximate surface area is 102 Å². The maximum absolute atomic E-state index is 4.40. The fraction of sp³-hybridized carbons (Fsp3) is 0.385. The first kappa shape index (κ1) is 11.8. The first-order valence-electron chi connectivity index (χ1n) is 5.90. The van der Waals surface area contributed by atoms with Gasteiger partial charge in [-0.05, 0) is 18.7 Å². The van der Waals surface area contributed by atoms with E-state index in [0.29, 0.717) is 0 Å². The SMILES string of the molecule is CCNC(Cc1ccccn1)c1cn(C)cn1. The predicted molar refractivity (Wildman–Crippen MR) is 67.6 cm³/mol. The number of pyridine rings is 1. The average Bonchev–Trinajstić information content (AvgIpc) is 2.77. The molecular formula is C13H18N4. The maximum Gasteiger partial charge on any atom is 0.0947 e. The van der Waals surface area contributed by atoms with Crippen molar-refractivity contribution in [2.24, 2.45) is 7.05 Å². The number of nitrogens with one attached hydrogen (secondary N) is 1. The summed E-state index contributed by atoms with van der Waals surface area (Å²) in [6.45, 7) is 3.03. The lowest BCUT2D eigenvalue weighted by atomic mass is 10.1. The van der Waals surface area contributed by atoms with Crippen LogP contribution in [0.1, 0.15) is 24.4 Å². The van der Waals surface area contributed by atoms with E-state index >= 15 is 0 Å². The Kier molecular flexibility index (Phi) is 3.88. The molecule has 1 unspecified atom stereocenters. The van der Waals surface area contributed by atoms with Crippen molar-refractivity contribution in [1.29, 1.82) is 0 Å². The number of likely N-dealkylation sites (N-methyl/N-ethyl adjacent to an activating group) is 1. The topological polar surface area (TPSA) is 42.7 Å². The quantitative estimate of drug-likeness (QED) is 0.850. The third-order valence-electron chi connectivity index (χ3n) is 2.67. The van der Waals surface area contributed by atoms with Crippen LogP contribution in [0.5, 0.6) is 0 Å². The molecule has 17 heavy (non-hydrogen) atoms. The van der Waals surface area contributed by atoms with Crippen LogP contribution < -0.4 is 5.32 Å². The zero-order chi connectivity index (χ0) is 12.1. The fourth-order valence-corrected chi connectivity index (χ4v) is 1.87. The van der Waals surface area contributed by atoms with Crippen molar-refractivity contribution in [3.63, 3.8) is 0 Å². The summed E-state index contributed by atoms with van der Waals surface area (Å²) in [4.78, 5) is 8.76. The Bertz CT molecular complexity index is 449. The Hall–Kier alpha value is -1.68. The summed E-state index contributed by atoms with van der Waals surface area (Å²) in [5.74, 6) is 0. The van der Waals surface area contributed by atoms with E-state index < -0.39 is 0 Å². The van der Waals surface area contributed by atoms with Gasteiger partial charge < -0.3 is 9.88 Å². The molecule has 4 heteroatoms. The predicted octanol–water partition coefficient (Wildman–Crippen LogP) is 1.71. The molecule has 0 fully saturated rings. The van der Waals surface area contributed by atoms with Crippen LogP contribution in [-0.4, -0.2) is 21.1 Å². The zero-order valence-corrected chi connectivity index (χ0v) is 10.3. The second-order valence-corrected chi connectivity index (χ2v) is 4.10. The first-order valence-corrected chi connectivity index (χ1v) is 5.90. The van der Waals surface area contributed by atoms with E-state index in [4.69, 9.17) is 0 Å². The van der Waals surface area contributed by atoms with Crippen LogP contribution in [0.2, 0.25) is 0 Å². The van der Waals surface area contributed by atoms with Crippen molar-refractivity contribution in [2.45, 2.75) is 19.4 Å². The summed E-state index contributed by atoms with van der Waals surface area (Å²) < 4.78 is 1.97. The Balaban J connectivity index is 2.13. The standard InChI is InChI=1S/C13H18N4/c1-3-14-12(13-9-17(2)10-16-13)8-11-6-4-5-7-15-11/h4-7,9-10,12,14H,3,8H2,1-2H3. The highest BCUT2D eigenvalue weighted by Crippen LogP contribution is 2.15. The number of imidazole rings is 1. The van der Waals surface area contributed by atoms with Crippen molar-refractivity contribution in [3.05, 3.63) is 48.3 Å². The lowest BCUT2D eigenvalue weighted by Gasteiger charge is -2.15. The molecule has 90 valence electrons. The molecule has 0 saturated heterocycles. The molecule has 0 bridgehead atoms. The molecule has 2 heterocycles. The van der Waals surface area contributed by atoms with Crippen molar-refractivity contribution in [2.75, 3.05) is 6.54 Å². The molecule has 4 nitrogen and oxygen atoms in total. The van der Waals surface area contributed by atoms with Crippen molar-refractivity contribution in [3.8, 4) is 0 Å². The number of nitrogens with zero attached hydrogens (tertiary/aromatic N) is 3. The third kappa shape index (κ3) is 3.14. The number of aryl methyl sites for hydroxylation is 1. The highest BCUT2D eigenvalue weighted by Gasteiger charge is 2.13. The van der Waals surface area contributed by atoms with E-state index in [9.17, 15) is 0 Å². The lowest BCUT2D eigenvalue weighted by molar-refractivity contribution is 0.533. The highest BCUT2D eigenvalue weighted by atomic mass is 15.0. The van der Waals surface area contributed by atoms with Gasteiger partial charge in [-0.25, -0.2) is 4.98 Å². The van der Waals surface area contributed by atoms with Crippen molar-refractivity contribution < 1.29 is 0 Å². The molecule has 1 N–H and O–H groups in total. The lowest BCUT2D eigenvalue weighted by Crippen LogP contribution is -2.23. The van der Waals surface area contributed by atoms with Gasteiger partial charge in [0, 0.05) is 31.6 Å². The van der Waals surface area contributed by atoms with E-state index in [2.05, 4.69) is 28.4 Å². The smallest absolute Gasteiger partial charge is 0.0947 e. The molecule has 0 radical (unpaired) electrons. The Morgan fingerprint density at radius 3 is 2.82 bits per heavy atom. The van der Waals surface area contributed by atoms with Crippen molar-refractivity contribution in [1.82, 2.24) is 19.9 Å². The van der Waals surface area contributed by atoms with Crippen LogP contribution in [0.4, 0.5) is 0 Å². The minimum Gasteiger partial charge on any atom is -0.340 e. The summed E-state index contributed by atoms with van der Waals surface area (Å²) in [7, 11) is 1.99. The Morgan fingerprint density at radius 1 is 1.35 bits per heavy atom. The van der Waals surface area contributed by atoms with Gasteiger partial charge in [-0.1, -0.05) is 13.0 Å². The molecule has 0 aliphatic rings. The van der Waals surface area contributed by atoms with Crippen LogP contribution in [-0.2, 0) is 13.5 Å². The largest absolute Gasteiger partial charge is 0.340 e. The second-order valence-electron chi connectivity index (χ2n) is 4.10. The minimum atomic E-state index is 0.233. The van der Waals surface area contributed by atoms with Crippen LogP contribution in [0, 0.1) is 0 Å².